The van der Waals surface area contributed by atoms with Crippen molar-refractivity contribution in [2.45, 2.75) is 73.7 Å². The smallest absolute Gasteiger partial charge is 0.349 e. The van der Waals surface area contributed by atoms with Gasteiger partial charge in [-0.1, -0.05) is 30.3 Å². The van der Waals surface area contributed by atoms with Crippen molar-refractivity contribution < 1.29 is 23.1 Å². The van der Waals surface area contributed by atoms with Gasteiger partial charge in [0.25, 0.3) is 0 Å². The van der Waals surface area contributed by atoms with Gasteiger partial charge in [-0.05, 0) is 70.4 Å². The van der Waals surface area contributed by atoms with Crippen molar-refractivity contribution in [3.05, 3.63) is 82.4 Å². The second-order valence-electron chi connectivity index (χ2n) is 10.1. The van der Waals surface area contributed by atoms with Crippen molar-refractivity contribution >= 4 is 5.97 Å². The number of hydrogen-bond acceptors (Lipinski definition) is 9. The van der Waals surface area contributed by atoms with E-state index in [1.165, 1.54) is 0 Å². The number of aryl methyl sites for hydroxylation is 4. The van der Waals surface area contributed by atoms with E-state index >= 15 is 0 Å². The SMILES string of the molecule is CCOC(=O)C(C)(C)Oc1c(C)cc(CN(Cc2nnc(C)o2)Cc2nc(-c3ccccc3)oc2C)cc1C. The summed E-state index contributed by atoms with van der Waals surface area (Å²) in [6.07, 6.45) is 0. The Morgan fingerprint density at radius 2 is 1.64 bits per heavy atom. The molecule has 0 N–H and O–H groups in total. The van der Waals surface area contributed by atoms with Crippen LogP contribution in [0.5, 0.6) is 5.75 Å². The van der Waals surface area contributed by atoms with E-state index in [0.29, 0.717) is 49.7 Å². The molecule has 0 spiro atoms. The van der Waals surface area contributed by atoms with Gasteiger partial charge in [0.2, 0.25) is 17.7 Å². The molecule has 4 aromatic rings. The summed E-state index contributed by atoms with van der Waals surface area (Å²) < 4.78 is 23.0. The van der Waals surface area contributed by atoms with Crippen molar-refractivity contribution in [3.8, 4) is 17.2 Å². The van der Waals surface area contributed by atoms with E-state index < -0.39 is 11.6 Å². The first kappa shape index (κ1) is 28.0. The normalized spacial score (nSPS) is 11.7. The maximum atomic E-state index is 12.4. The second kappa shape index (κ2) is 11.8. The highest BCUT2D eigenvalue weighted by molar-refractivity contribution is 5.79. The minimum Gasteiger partial charge on any atom is -0.476 e. The van der Waals surface area contributed by atoms with Gasteiger partial charge >= 0.3 is 5.97 Å². The number of hydrogen-bond donors (Lipinski definition) is 0. The Bertz CT molecular complexity index is 1400. The number of esters is 1. The van der Waals surface area contributed by atoms with Gasteiger partial charge in [0.15, 0.2) is 5.60 Å². The van der Waals surface area contributed by atoms with Crippen LogP contribution < -0.4 is 4.74 Å². The first-order chi connectivity index (χ1) is 18.6. The number of benzene rings is 2. The summed E-state index contributed by atoms with van der Waals surface area (Å²) >= 11 is 0. The fourth-order valence-electron chi connectivity index (χ4n) is 4.40. The van der Waals surface area contributed by atoms with Crippen molar-refractivity contribution in [3.63, 3.8) is 0 Å². The molecule has 0 unspecified atom stereocenters. The van der Waals surface area contributed by atoms with Crippen LogP contribution in [0.3, 0.4) is 0 Å². The molecule has 0 aliphatic rings. The zero-order valence-electron chi connectivity index (χ0n) is 23.7. The van der Waals surface area contributed by atoms with E-state index in [9.17, 15) is 4.79 Å². The molecule has 0 amide bonds. The van der Waals surface area contributed by atoms with Gasteiger partial charge in [0, 0.05) is 25.6 Å². The lowest BCUT2D eigenvalue weighted by molar-refractivity contribution is -0.158. The summed E-state index contributed by atoms with van der Waals surface area (Å²) in [5.74, 6) is 2.68. The summed E-state index contributed by atoms with van der Waals surface area (Å²) in [6.45, 7) is 14.7. The largest absolute Gasteiger partial charge is 0.476 e. The number of oxazole rings is 1. The fourth-order valence-corrected chi connectivity index (χ4v) is 4.40. The Kier molecular flexibility index (Phi) is 8.50. The monoisotopic (exact) mass is 532 g/mol. The molecule has 2 heterocycles. The maximum Gasteiger partial charge on any atom is 0.349 e. The third-order valence-corrected chi connectivity index (χ3v) is 6.26. The van der Waals surface area contributed by atoms with Crippen LogP contribution in [-0.4, -0.2) is 38.3 Å². The van der Waals surface area contributed by atoms with Crippen molar-refractivity contribution in [2.24, 2.45) is 0 Å². The van der Waals surface area contributed by atoms with Gasteiger partial charge in [0.1, 0.15) is 11.5 Å². The van der Waals surface area contributed by atoms with Gasteiger partial charge in [-0.3, -0.25) is 4.90 Å². The van der Waals surface area contributed by atoms with Gasteiger partial charge < -0.3 is 18.3 Å². The standard InChI is InChI=1S/C30H36N4O5/c1-8-36-29(35)30(6,7)39-27-19(2)14-23(15-20(27)3)16-34(18-26-33-32-22(5)38-26)17-25-21(4)37-28(31-25)24-12-10-9-11-13-24/h9-15H,8,16-18H2,1-7H3. The molecular weight excluding hydrogens is 496 g/mol. The predicted octanol–water partition coefficient (Wildman–Crippen LogP) is 5.88. The quantitative estimate of drug-likeness (QED) is 0.219. The summed E-state index contributed by atoms with van der Waals surface area (Å²) in [5, 5.41) is 8.18. The number of carbonyl (C=O) groups excluding carboxylic acids is 1. The van der Waals surface area contributed by atoms with Crippen molar-refractivity contribution in [1.29, 1.82) is 0 Å². The molecule has 0 aliphatic heterocycles. The van der Waals surface area contributed by atoms with E-state index in [2.05, 4.69) is 27.2 Å². The van der Waals surface area contributed by atoms with Crippen LogP contribution in [0.4, 0.5) is 0 Å². The minimum atomic E-state index is -1.10. The van der Waals surface area contributed by atoms with Crippen LogP contribution in [0.1, 0.15) is 60.7 Å². The van der Waals surface area contributed by atoms with Gasteiger partial charge in [-0.25, -0.2) is 9.78 Å². The van der Waals surface area contributed by atoms with E-state index in [1.54, 1.807) is 27.7 Å². The number of aromatic nitrogens is 3. The number of rotatable bonds is 11. The van der Waals surface area contributed by atoms with Crippen LogP contribution in [0.25, 0.3) is 11.5 Å². The molecule has 39 heavy (non-hydrogen) atoms. The molecule has 206 valence electrons. The van der Waals surface area contributed by atoms with Crippen LogP contribution in [0.15, 0.2) is 51.3 Å². The van der Waals surface area contributed by atoms with Crippen LogP contribution in [-0.2, 0) is 29.2 Å². The second-order valence-corrected chi connectivity index (χ2v) is 10.1. The van der Waals surface area contributed by atoms with Crippen LogP contribution >= 0.6 is 0 Å². The highest BCUT2D eigenvalue weighted by atomic mass is 16.6. The number of ether oxygens (including phenoxy) is 2. The Hall–Kier alpha value is -3.98. The summed E-state index contributed by atoms with van der Waals surface area (Å²) in [7, 11) is 0. The number of carbonyl (C=O) groups is 1. The molecule has 0 bridgehead atoms. The average Bonchev–Trinajstić information content (AvgIpc) is 3.46. The molecule has 0 saturated heterocycles. The van der Waals surface area contributed by atoms with Crippen molar-refractivity contribution in [1.82, 2.24) is 20.1 Å². The highest BCUT2D eigenvalue weighted by Gasteiger charge is 2.32. The van der Waals surface area contributed by atoms with Crippen molar-refractivity contribution in [2.75, 3.05) is 6.61 Å². The molecule has 0 saturated carbocycles. The Morgan fingerprint density at radius 1 is 0.949 bits per heavy atom. The lowest BCUT2D eigenvalue weighted by atomic mass is 10.0. The maximum absolute atomic E-state index is 12.4. The third kappa shape index (κ3) is 6.92. The average molecular weight is 533 g/mol. The molecule has 0 radical (unpaired) electrons. The molecule has 2 aromatic heterocycles. The zero-order chi connectivity index (χ0) is 28.2. The molecule has 0 fully saturated rings. The first-order valence-corrected chi connectivity index (χ1v) is 13.0. The Balaban J connectivity index is 1.58. The zero-order valence-corrected chi connectivity index (χ0v) is 23.7. The first-order valence-electron chi connectivity index (χ1n) is 13.0. The van der Waals surface area contributed by atoms with Gasteiger partial charge in [0.05, 0.1) is 18.8 Å². The molecule has 0 aliphatic carbocycles. The van der Waals surface area contributed by atoms with Gasteiger partial charge in [-0.2, -0.15) is 0 Å². The summed E-state index contributed by atoms with van der Waals surface area (Å²) in [6, 6.07) is 14.0. The van der Waals surface area contributed by atoms with E-state index in [1.807, 2.05) is 51.1 Å². The Labute approximate surface area is 229 Å². The predicted molar refractivity (Wildman–Crippen MR) is 146 cm³/mol. The van der Waals surface area contributed by atoms with Crippen LogP contribution in [0.2, 0.25) is 0 Å². The lowest BCUT2D eigenvalue weighted by Gasteiger charge is -2.27. The number of nitrogens with zero attached hydrogens (tertiary/aromatic N) is 4. The summed E-state index contributed by atoms with van der Waals surface area (Å²) in [4.78, 5) is 19.4. The topological polar surface area (TPSA) is 104 Å². The van der Waals surface area contributed by atoms with E-state index in [0.717, 1.165) is 33.7 Å². The minimum absolute atomic E-state index is 0.301. The summed E-state index contributed by atoms with van der Waals surface area (Å²) in [5.41, 5.74) is 3.61. The molecular formula is C30H36N4O5. The molecule has 9 nitrogen and oxygen atoms in total. The molecule has 2 aromatic carbocycles. The van der Waals surface area contributed by atoms with Gasteiger partial charge in [-0.15, -0.1) is 10.2 Å². The molecule has 0 atom stereocenters. The molecule has 9 heteroatoms. The van der Waals surface area contributed by atoms with Crippen LogP contribution in [0, 0.1) is 27.7 Å². The lowest BCUT2D eigenvalue weighted by Crippen LogP contribution is -2.40. The Morgan fingerprint density at radius 3 is 2.26 bits per heavy atom. The van der Waals surface area contributed by atoms with E-state index in [4.69, 9.17) is 23.3 Å². The molecule has 4 rings (SSSR count). The highest BCUT2D eigenvalue weighted by Crippen LogP contribution is 2.30. The fraction of sp³-hybridized carbons (Fsp3) is 0.400. The van der Waals surface area contributed by atoms with E-state index in [-0.39, 0.29) is 0 Å². The third-order valence-electron chi connectivity index (χ3n) is 6.26.